The Morgan fingerprint density at radius 2 is 1.97 bits per heavy atom. The molecule has 2 aromatic rings. The van der Waals surface area contributed by atoms with Crippen molar-refractivity contribution in [2.75, 3.05) is 13.2 Å². The highest BCUT2D eigenvalue weighted by molar-refractivity contribution is 6.32. The van der Waals surface area contributed by atoms with Crippen LogP contribution in [0.4, 0.5) is 0 Å². The normalized spacial score (nSPS) is 17.9. The van der Waals surface area contributed by atoms with E-state index in [1.54, 1.807) is 6.07 Å². The van der Waals surface area contributed by atoms with Gasteiger partial charge in [-0.15, -0.1) is 0 Å². The van der Waals surface area contributed by atoms with Gasteiger partial charge in [-0.05, 0) is 48.1 Å². The molecule has 1 aliphatic rings. The Morgan fingerprint density at radius 3 is 2.63 bits per heavy atom. The van der Waals surface area contributed by atoms with E-state index in [4.69, 9.17) is 25.8 Å². The molecule has 5 nitrogen and oxygen atoms in total. The first-order valence-electron chi connectivity index (χ1n) is 10.4. The molecule has 0 aromatic heterocycles. The van der Waals surface area contributed by atoms with Crippen molar-refractivity contribution in [3.8, 4) is 17.2 Å². The third-order valence-electron chi connectivity index (χ3n) is 5.54. The first kappa shape index (κ1) is 22.3. The zero-order valence-corrected chi connectivity index (χ0v) is 18.5. The number of hydrogen-bond donors (Lipinski definition) is 1. The van der Waals surface area contributed by atoms with Gasteiger partial charge in [0, 0.05) is 18.9 Å². The van der Waals surface area contributed by atoms with Gasteiger partial charge in [0.25, 0.3) is 0 Å². The Morgan fingerprint density at radius 1 is 1.20 bits per heavy atom. The van der Waals surface area contributed by atoms with Crippen molar-refractivity contribution >= 4 is 17.6 Å². The Kier molecular flexibility index (Phi) is 7.14. The number of halogens is 1. The van der Waals surface area contributed by atoms with Crippen molar-refractivity contribution in [1.82, 2.24) is 0 Å². The van der Waals surface area contributed by atoms with Crippen LogP contribution in [0.2, 0.25) is 5.02 Å². The van der Waals surface area contributed by atoms with Gasteiger partial charge in [0.15, 0.2) is 0 Å². The summed E-state index contributed by atoms with van der Waals surface area (Å²) in [5.74, 6) is 1.43. The highest BCUT2D eigenvalue weighted by Gasteiger charge is 2.42. The summed E-state index contributed by atoms with van der Waals surface area (Å²) < 4.78 is 17.5. The molecular formula is C24H29ClO5. The van der Waals surface area contributed by atoms with E-state index < -0.39 is 11.6 Å². The SMILES string of the molecule is CCC1(C(=O)O)CCc2ccc(OCCCOc3ccc(C(C)C)cc3Cl)cc2O1. The molecule has 162 valence electrons. The highest BCUT2D eigenvalue weighted by atomic mass is 35.5. The van der Waals surface area contributed by atoms with Crippen molar-refractivity contribution in [3.05, 3.63) is 52.5 Å². The van der Waals surface area contributed by atoms with E-state index in [0.29, 0.717) is 67.1 Å². The molecule has 1 atom stereocenters. The van der Waals surface area contributed by atoms with Crippen LogP contribution in [0, 0.1) is 0 Å². The molecule has 0 radical (unpaired) electrons. The summed E-state index contributed by atoms with van der Waals surface area (Å²) in [6.45, 7) is 7.04. The maximum Gasteiger partial charge on any atom is 0.348 e. The van der Waals surface area contributed by atoms with Crippen LogP contribution in [-0.4, -0.2) is 29.9 Å². The van der Waals surface area contributed by atoms with E-state index in [9.17, 15) is 9.90 Å². The topological polar surface area (TPSA) is 65.0 Å². The van der Waals surface area contributed by atoms with E-state index in [1.165, 1.54) is 5.56 Å². The van der Waals surface area contributed by atoms with Crippen LogP contribution >= 0.6 is 11.6 Å². The second kappa shape index (κ2) is 9.61. The largest absolute Gasteiger partial charge is 0.493 e. The molecule has 30 heavy (non-hydrogen) atoms. The van der Waals surface area contributed by atoms with E-state index >= 15 is 0 Å². The monoisotopic (exact) mass is 432 g/mol. The van der Waals surface area contributed by atoms with Crippen molar-refractivity contribution in [1.29, 1.82) is 0 Å². The molecule has 1 heterocycles. The minimum Gasteiger partial charge on any atom is -0.493 e. The highest BCUT2D eigenvalue weighted by Crippen LogP contribution is 2.37. The molecule has 0 amide bonds. The fourth-order valence-electron chi connectivity index (χ4n) is 3.50. The fourth-order valence-corrected chi connectivity index (χ4v) is 3.74. The zero-order valence-electron chi connectivity index (χ0n) is 17.7. The van der Waals surface area contributed by atoms with Crippen molar-refractivity contribution in [3.63, 3.8) is 0 Å². The quantitative estimate of drug-likeness (QED) is 0.502. The Hall–Kier alpha value is -2.40. The van der Waals surface area contributed by atoms with E-state index in [-0.39, 0.29) is 0 Å². The maximum absolute atomic E-state index is 11.7. The number of carboxylic acids is 1. The molecule has 0 saturated heterocycles. The average molecular weight is 433 g/mol. The van der Waals surface area contributed by atoms with Gasteiger partial charge in [-0.2, -0.15) is 0 Å². The van der Waals surface area contributed by atoms with Crippen LogP contribution in [0.5, 0.6) is 17.2 Å². The van der Waals surface area contributed by atoms with E-state index in [1.807, 2.05) is 37.3 Å². The van der Waals surface area contributed by atoms with Crippen LogP contribution in [0.25, 0.3) is 0 Å². The first-order valence-corrected chi connectivity index (χ1v) is 10.8. The first-order chi connectivity index (χ1) is 14.3. The third-order valence-corrected chi connectivity index (χ3v) is 5.84. The summed E-state index contributed by atoms with van der Waals surface area (Å²) in [7, 11) is 0. The van der Waals surface area contributed by atoms with Gasteiger partial charge in [0.1, 0.15) is 17.2 Å². The fraction of sp³-hybridized carbons (Fsp3) is 0.458. The lowest BCUT2D eigenvalue weighted by atomic mass is 9.89. The summed E-state index contributed by atoms with van der Waals surface area (Å²) in [6.07, 6.45) is 2.27. The molecular weight excluding hydrogens is 404 g/mol. The summed E-state index contributed by atoms with van der Waals surface area (Å²) in [5.41, 5.74) is 1.04. The minimum absolute atomic E-state index is 0.420. The van der Waals surface area contributed by atoms with Crippen molar-refractivity contribution < 1.29 is 24.1 Å². The van der Waals surface area contributed by atoms with Gasteiger partial charge in [0.2, 0.25) is 5.60 Å². The lowest BCUT2D eigenvalue weighted by molar-refractivity contribution is -0.157. The van der Waals surface area contributed by atoms with Crippen LogP contribution in [0.15, 0.2) is 36.4 Å². The summed E-state index contributed by atoms with van der Waals surface area (Å²) in [5, 5.41) is 10.2. The predicted molar refractivity (Wildman–Crippen MR) is 117 cm³/mol. The van der Waals surface area contributed by atoms with Gasteiger partial charge in [-0.1, -0.05) is 44.5 Å². The molecule has 0 bridgehead atoms. The number of hydrogen-bond acceptors (Lipinski definition) is 4. The number of carbonyl (C=O) groups is 1. The van der Waals surface area contributed by atoms with Gasteiger partial charge in [-0.3, -0.25) is 0 Å². The van der Waals surface area contributed by atoms with Gasteiger partial charge >= 0.3 is 5.97 Å². The maximum atomic E-state index is 11.7. The molecule has 3 rings (SSSR count). The molecule has 1 unspecified atom stereocenters. The predicted octanol–water partition coefficient (Wildman–Crippen LogP) is 5.87. The Bertz CT molecular complexity index is 895. The lowest BCUT2D eigenvalue weighted by Gasteiger charge is -2.34. The molecule has 0 spiro atoms. The zero-order chi connectivity index (χ0) is 21.7. The molecule has 0 fully saturated rings. The third kappa shape index (κ3) is 5.01. The standard InChI is InChI=1S/C24H29ClO5/c1-4-24(23(26)27)11-10-17-6-8-19(15-22(17)30-24)28-12-5-13-29-21-9-7-18(16(2)3)14-20(21)25/h6-9,14-16H,4-5,10-13H2,1-3H3,(H,26,27). The molecule has 1 N–H and O–H groups in total. The van der Waals surface area contributed by atoms with E-state index in [2.05, 4.69) is 13.8 Å². The summed E-state index contributed by atoms with van der Waals surface area (Å²) in [4.78, 5) is 11.7. The number of ether oxygens (including phenoxy) is 3. The molecule has 0 saturated carbocycles. The van der Waals surface area contributed by atoms with E-state index in [0.717, 1.165) is 5.56 Å². The molecule has 0 aliphatic carbocycles. The van der Waals surface area contributed by atoms with Crippen LogP contribution in [0.1, 0.15) is 57.1 Å². The number of carboxylic acid groups (broad SMARTS) is 1. The van der Waals surface area contributed by atoms with Crippen molar-refractivity contribution in [2.24, 2.45) is 0 Å². The minimum atomic E-state index is -1.15. The number of fused-ring (bicyclic) bond motifs is 1. The summed E-state index contributed by atoms with van der Waals surface area (Å²) >= 11 is 6.29. The second-order valence-electron chi connectivity index (χ2n) is 7.92. The van der Waals surface area contributed by atoms with Gasteiger partial charge in [0.05, 0.1) is 18.2 Å². The number of aryl methyl sites for hydroxylation is 1. The molecule has 6 heteroatoms. The van der Waals surface area contributed by atoms with Crippen LogP contribution in [0.3, 0.4) is 0 Å². The van der Waals surface area contributed by atoms with Crippen LogP contribution < -0.4 is 14.2 Å². The summed E-state index contributed by atoms with van der Waals surface area (Å²) in [6, 6.07) is 11.5. The molecule has 1 aliphatic heterocycles. The van der Waals surface area contributed by atoms with Gasteiger partial charge < -0.3 is 19.3 Å². The smallest absolute Gasteiger partial charge is 0.348 e. The molecule has 2 aromatic carbocycles. The average Bonchev–Trinajstić information content (AvgIpc) is 2.73. The number of aliphatic carboxylic acids is 1. The number of benzene rings is 2. The van der Waals surface area contributed by atoms with Crippen molar-refractivity contribution in [2.45, 2.75) is 58.0 Å². The van der Waals surface area contributed by atoms with Crippen LogP contribution in [-0.2, 0) is 11.2 Å². The Labute approximate surface area is 182 Å². The number of rotatable bonds is 9. The second-order valence-corrected chi connectivity index (χ2v) is 8.33. The lowest BCUT2D eigenvalue weighted by Crippen LogP contribution is -2.46. The Balaban J connectivity index is 1.51. The van der Waals surface area contributed by atoms with Gasteiger partial charge in [-0.25, -0.2) is 4.79 Å².